The number of para-hydroxylation sites is 2. The number of hydrogen-bond donors (Lipinski definition) is 0. The van der Waals surface area contributed by atoms with Gasteiger partial charge in [-0.05, 0) is 36.8 Å². The van der Waals surface area contributed by atoms with E-state index in [0.29, 0.717) is 0 Å². The lowest BCUT2D eigenvalue weighted by atomic mass is 10.0. The third-order valence-electron chi connectivity index (χ3n) is 4.79. The second-order valence-corrected chi connectivity index (χ2v) is 6.68. The molecule has 0 aliphatic heterocycles. The quantitative estimate of drug-likeness (QED) is 0.404. The normalized spacial score (nSPS) is 11.1. The molecule has 3 heterocycles. The molecule has 0 N–H and O–H groups in total. The highest BCUT2D eigenvalue weighted by molar-refractivity contribution is 5.95. The molecule has 0 saturated heterocycles. The molecule has 0 radical (unpaired) electrons. The molecule has 5 aromatic rings. The Morgan fingerprint density at radius 3 is 1.59 bits per heavy atom. The summed E-state index contributed by atoms with van der Waals surface area (Å²) in [5.41, 5.74) is 7.07. The molecule has 5 rings (SSSR count). The van der Waals surface area contributed by atoms with E-state index in [1.807, 2.05) is 24.5 Å². The van der Waals surface area contributed by atoms with Crippen molar-refractivity contribution in [3.05, 3.63) is 90.8 Å². The molecule has 3 heteroatoms. The maximum Gasteiger partial charge on any atom is 0.0795 e. The molecular weight excluding hydrogens is 330 g/mol. The summed E-state index contributed by atoms with van der Waals surface area (Å²) in [5.74, 6) is 0. The molecular formula is C24H17N3. The average molecular weight is 347 g/mol. The second kappa shape index (κ2) is 6.29. The van der Waals surface area contributed by atoms with Gasteiger partial charge < -0.3 is 0 Å². The lowest BCUT2D eigenvalue weighted by Gasteiger charge is -2.10. The molecule has 27 heavy (non-hydrogen) atoms. The van der Waals surface area contributed by atoms with Crippen LogP contribution in [-0.4, -0.2) is 15.0 Å². The first-order valence-corrected chi connectivity index (χ1v) is 8.96. The zero-order chi connectivity index (χ0) is 18.2. The fourth-order valence-corrected chi connectivity index (χ4v) is 3.57. The molecule has 0 aliphatic rings. The van der Waals surface area contributed by atoms with Gasteiger partial charge in [0.15, 0.2) is 0 Å². The topological polar surface area (TPSA) is 38.7 Å². The summed E-state index contributed by atoms with van der Waals surface area (Å²) >= 11 is 0. The zero-order valence-corrected chi connectivity index (χ0v) is 14.9. The third-order valence-corrected chi connectivity index (χ3v) is 4.79. The van der Waals surface area contributed by atoms with Crippen molar-refractivity contribution in [3.8, 4) is 22.5 Å². The van der Waals surface area contributed by atoms with E-state index in [0.717, 1.165) is 49.9 Å². The van der Waals surface area contributed by atoms with Gasteiger partial charge in [-0.25, -0.2) is 4.98 Å². The summed E-state index contributed by atoms with van der Waals surface area (Å²) in [6.45, 7) is 2.10. The first kappa shape index (κ1) is 15.6. The Bertz CT molecular complexity index is 1180. The first-order valence-electron chi connectivity index (χ1n) is 8.96. The Balaban J connectivity index is 1.76. The molecule has 0 spiro atoms. The van der Waals surface area contributed by atoms with E-state index >= 15 is 0 Å². The molecule has 0 aliphatic carbocycles. The SMILES string of the molecule is Cc1cc(-c2cccc3cccnc23)nc(-c2cccc3cccnc23)c1. The predicted octanol–water partition coefficient (Wildman–Crippen LogP) is 5.82. The molecule has 2 aromatic carbocycles. The molecule has 3 aromatic heterocycles. The van der Waals surface area contributed by atoms with Gasteiger partial charge in [0, 0.05) is 34.3 Å². The minimum absolute atomic E-state index is 0.933. The Morgan fingerprint density at radius 2 is 1.07 bits per heavy atom. The van der Waals surface area contributed by atoms with Crippen molar-refractivity contribution in [3.63, 3.8) is 0 Å². The van der Waals surface area contributed by atoms with E-state index in [9.17, 15) is 0 Å². The zero-order valence-electron chi connectivity index (χ0n) is 14.9. The number of pyridine rings is 3. The fourth-order valence-electron chi connectivity index (χ4n) is 3.57. The van der Waals surface area contributed by atoms with Crippen molar-refractivity contribution >= 4 is 21.8 Å². The van der Waals surface area contributed by atoms with E-state index in [4.69, 9.17) is 4.98 Å². The minimum atomic E-state index is 0.933. The molecule has 0 unspecified atom stereocenters. The third kappa shape index (κ3) is 2.74. The van der Waals surface area contributed by atoms with Gasteiger partial charge in [0.2, 0.25) is 0 Å². The molecule has 0 saturated carbocycles. The van der Waals surface area contributed by atoms with E-state index in [2.05, 4.69) is 77.6 Å². The van der Waals surface area contributed by atoms with Crippen molar-refractivity contribution in [2.45, 2.75) is 6.92 Å². The number of nitrogens with zero attached hydrogens (tertiary/aromatic N) is 3. The number of hydrogen-bond acceptors (Lipinski definition) is 3. The number of aromatic nitrogens is 3. The highest BCUT2D eigenvalue weighted by Gasteiger charge is 2.11. The van der Waals surface area contributed by atoms with Crippen molar-refractivity contribution < 1.29 is 0 Å². The summed E-state index contributed by atoms with van der Waals surface area (Å²) in [7, 11) is 0. The van der Waals surface area contributed by atoms with Gasteiger partial charge in [-0.1, -0.05) is 48.5 Å². The molecule has 0 bridgehead atoms. The van der Waals surface area contributed by atoms with Crippen molar-refractivity contribution in [1.82, 2.24) is 15.0 Å². The fraction of sp³-hybridized carbons (Fsp3) is 0.0417. The van der Waals surface area contributed by atoms with Gasteiger partial charge in [0.25, 0.3) is 0 Å². The van der Waals surface area contributed by atoms with Crippen LogP contribution in [0.4, 0.5) is 0 Å². The number of benzene rings is 2. The summed E-state index contributed by atoms with van der Waals surface area (Å²) in [5, 5.41) is 2.23. The Morgan fingerprint density at radius 1 is 0.593 bits per heavy atom. The van der Waals surface area contributed by atoms with Crippen molar-refractivity contribution in [2.24, 2.45) is 0 Å². The Hall–Kier alpha value is -3.59. The largest absolute Gasteiger partial charge is 0.256 e. The van der Waals surface area contributed by atoms with Gasteiger partial charge >= 0.3 is 0 Å². The summed E-state index contributed by atoms with van der Waals surface area (Å²) < 4.78 is 0. The van der Waals surface area contributed by atoms with Gasteiger partial charge in [-0.3, -0.25) is 9.97 Å². The van der Waals surface area contributed by atoms with Crippen molar-refractivity contribution in [1.29, 1.82) is 0 Å². The van der Waals surface area contributed by atoms with Crippen LogP contribution < -0.4 is 0 Å². The second-order valence-electron chi connectivity index (χ2n) is 6.68. The summed E-state index contributed by atoms with van der Waals surface area (Å²) in [6.07, 6.45) is 3.66. The van der Waals surface area contributed by atoms with Crippen LogP contribution in [0.1, 0.15) is 5.56 Å². The molecule has 128 valence electrons. The maximum atomic E-state index is 4.99. The van der Waals surface area contributed by atoms with Crippen LogP contribution in [0.25, 0.3) is 44.3 Å². The maximum absolute atomic E-state index is 4.99. The molecule has 0 fully saturated rings. The minimum Gasteiger partial charge on any atom is -0.256 e. The van der Waals surface area contributed by atoms with Gasteiger partial charge in [0.05, 0.1) is 22.4 Å². The monoisotopic (exact) mass is 347 g/mol. The molecule has 0 amide bonds. The van der Waals surface area contributed by atoms with Crippen molar-refractivity contribution in [2.75, 3.05) is 0 Å². The van der Waals surface area contributed by atoms with E-state index in [-0.39, 0.29) is 0 Å². The molecule has 0 atom stereocenters. The Labute approximate surface area is 157 Å². The van der Waals surface area contributed by atoms with Crippen LogP contribution in [0, 0.1) is 6.92 Å². The van der Waals surface area contributed by atoms with Crippen LogP contribution in [0.3, 0.4) is 0 Å². The van der Waals surface area contributed by atoms with Crippen LogP contribution in [-0.2, 0) is 0 Å². The number of aryl methyl sites for hydroxylation is 1. The first-order chi connectivity index (χ1) is 13.3. The lowest BCUT2D eigenvalue weighted by molar-refractivity contribution is 1.28. The summed E-state index contributed by atoms with van der Waals surface area (Å²) in [6, 6.07) is 24.8. The van der Waals surface area contributed by atoms with Gasteiger partial charge in [0.1, 0.15) is 0 Å². The van der Waals surface area contributed by atoms with E-state index in [1.165, 1.54) is 0 Å². The van der Waals surface area contributed by atoms with Crippen LogP contribution >= 0.6 is 0 Å². The molecule has 3 nitrogen and oxygen atoms in total. The number of fused-ring (bicyclic) bond motifs is 2. The van der Waals surface area contributed by atoms with Crippen LogP contribution in [0.2, 0.25) is 0 Å². The predicted molar refractivity (Wildman–Crippen MR) is 110 cm³/mol. The van der Waals surface area contributed by atoms with Crippen LogP contribution in [0.5, 0.6) is 0 Å². The average Bonchev–Trinajstić information content (AvgIpc) is 2.72. The van der Waals surface area contributed by atoms with Crippen LogP contribution in [0.15, 0.2) is 85.2 Å². The van der Waals surface area contributed by atoms with E-state index in [1.54, 1.807) is 0 Å². The standard InChI is InChI=1S/C24H17N3/c1-16-14-21(19-10-2-6-17-8-4-12-25-23(17)19)27-22(15-16)20-11-3-7-18-9-5-13-26-24(18)20/h2-15H,1H3. The lowest BCUT2D eigenvalue weighted by Crippen LogP contribution is -1.93. The van der Waals surface area contributed by atoms with E-state index < -0.39 is 0 Å². The van der Waals surface area contributed by atoms with Gasteiger partial charge in [-0.15, -0.1) is 0 Å². The highest BCUT2D eigenvalue weighted by atomic mass is 14.7. The van der Waals surface area contributed by atoms with Gasteiger partial charge in [-0.2, -0.15) is 0 Å². The number of rotatable bonds is 2. The highest BCUT2D eigenvalue weighted by Crippen LogP contribution is 2.31. The smallest absolute Gasteiger partial charge is 0.0795 e. The Kier molecular flexibility index (Phi) is 3.65. The summed E-state index contributed by atoms with van der Waals surface area (Å²) in [4.78, 5) is 14.2.